The van der Waals surface area contributed by atoms with Crippen molar-refractivity contribution in [2.24, 2.45) is 0 Å². The largest absolute Gasteiger partial charge is 0.369 e. The molecule has 8 heteroatoms. The van der Waals surface area contributed by atoms with E-state index in [1.54, 1.807) is 4.68 Å². The lowest BCUT2D eigenvalue weighted by atomic mass is 9.82. The number of aromatic nitrogens is 2. The van der Waals surface area contributed by atoms with E-state index < -0.39 is 9.84 Å². The van der Waals surface area contributed by atoms with Gasteiger partial charge in [0, 0.05) is 46.9 Å². The lowest BCUT2D eigenvalue weighted by Gasteiger charge is -2.47. The third kappa shape index (κ3) is 4.20. The zero-order valence-corrected chi connectivity index (χ0v) is 18.5. The Morgan fingerprint density at radius 2 is 2.25 bits per heavy atom. The van der Waals surface area contributed by atoms with Crippen molar-refractivity contribution in [3.8, 4) is 0 Å². The van der Waals surface area contributed by atoms with Crippen molar-refractivity contribution in [2.75, 3.05) is 25.2 Å². The molecule has 2 aromatic heterocycles. The summed E-state index contributed by atoms with van der Waals surface area (Å²) in [7, 11) is -2.97. The molecule has 0 N–H and O–H groups in total. The van der Waals surface area contributed by atoms with Gasteiger partial charge in [0.05, 0.1) is 25.1 Å². The predicted molar refractivity (Wildman–Crippen MR) is 111 cm³/mol. The van der Waals surface area contributed by atoms with Crippen molar-refractivity contribution in [1.29, 1.82) is 0 Å². The van der Waals surface area contributed by atoms with E-state index in [0.717, 1.165) is 44.5 Å². The van der Waals surface area contributed by atoms with E-state index in [-0.39, 0.29) is 11.4 Å². The van der Waals surface area contributed by atoms with Gasteiger partial charge in [0.25, 0.3) is 0 Å². The van der Waals surface area contributed by atoms with Gasteiger partial charge in [-0.05, 0) is 44.7 Å². The normalized spacial score (nSPS) is 25.9. The number of rotatable bonds is 5. The Morgan fingerprint density at radius 1 is 1.43 bits per heavy atom. The Hall–Kier alpha value is -1.22. The average molecular weight is 424 g/mol. The molecule has 1 saturated heterocycles. The van der Waals surface area contributed by atoms with Crippen molar-refractivity contribution >= 4 is 21.2 Å². The Morgan fingerprint density at radius 3 is 3.00 bits per heavy atom. The maximum absolute atomic E-state index is 11.3. The number of hydrogen-bond acceptors (Lipinski definition) is 6. The van der Waals surface area contributed by atoms with Crippen molar-refractivity contribution in [2.45, 2.75) is 57.8 Å². The highest BCUT2D eigenvalue weighted by molar-refractivity contribution is 7.90. The summed E-state index contributed by atoms with van der Waals surface area (Å²) >= 11 is 1.91. The maximum Gasteiger partial charge on any atom is 0.149 e. The van der Waals surface area contributed by atoms with Crippen molar-refractivity contribution in [3.05, 3.63) is 39.3 Å². The number of ether oxygens (including phenoxy) is 1. The molecule has 2 unspecified atom stereocenters. The molecule has 154 valence electrons. The topological polar surface area (TPSA) is 64.4 Å². The van der Waals surface area contributed by atoms with Crippen molar-refractivity contribution in [3.63, 3.8) is 0 Å². The zero-order chi connectivity index (χ0) is 19.9. The molecule has 2 aliphatic heterocycles. The highest BCUT2D eigenvalue weighted by atomic mass is 32.2. The minimum atomic E-state index is -2.97. The summed E-state index contributed by atoms with van der Waals surface area (Å²) in [5, 5.41) is 4.33. The van der Waals surface area contributed by atoms with Crippen LogP contribution < -0.4 is 0 Å². The van der Waals surface area contributed by atoms with Crippen LogP contribution in [0.15, 0.2) is 18.5 Å². The summed E-state index contributed by atoms with van der Waals surface area (Å²) < 4.78 is 30.8. The summed E-state index contributed by atoms with van der Waals surface area (Å²) in [5.74, 6) is 0.122. The number of likely N-dealkylation sites (tertiary alicyclic amines) is 1. The molecular formula is C20H29N3O3S2. The molecule has 2 atom stereocenters. The summed E-state index contributed by atoms with van der Waals surface area (Å²) in [4.78, 5) is 5.32. The van der Waals surface area contributed by atoms with Gasteiger partial charge in [-0.2, -0.15) is 5.10 Å². The first-order valence-electron chi connectivity index (χ1n) is 9.91. The molecule has 2 aromatic rings. The lowest BCUT2D eigenvalue weighted by Crippen LogP contribution is -2.49. The molecule has 4 rings (SSSR count). The van der Waals surface area contributed by atoms with E-state index in [4.69, 9.17) is 4.74 Å². The third-order valence-electron chi connectivity index (χ3n) is 5.91. The van der Waals surface area contributed by atoms with Gasteiger partial charge in [0.2, 0.25) is 0 Å². The van der Waals surface area contributed by atoms with Crippen LogP contribution in [0, 0.1) is 6.92 Å². The van der Waals surface area contributed by atoms with Crippen LogP contribution in [0.1, 0.15) is 40.6 Å². The molecule has 1 fully saturated rings. The second-order valence-corrected chi connectivity index (χ2v) is 11.8. The van der Waals surface area contributed by atoms with Crippen molar-refractivity contribution < 1.29 is 13.2 Å². The highest BCUT2D eigenvalue weighted by Crippen LogP contribution is 2.47. The Kier molecular flexibility index (Phi) is 5.41. The fourth-order valence-corrected chi connectivity index (χ4v) is 6.25. The Labute approximate surface area is 171 Å². The van der Waals surface area contributed by atoms with Gasteiger partial charge in [-0.15, -0.1) is 11.3 Å². The predicted octanol–water partition coefficient (Wildman–Crippen LogP) is 2.75. The third-order valence-corrected chi connectivity index (χ3v) is 8.11. The molecule has 4 heterocycles. The molecular weight excluding hydrogens is 394 g/mol. The fraction of sp³-hybridized carbons (Fsp3) is 0.650. The minimum absolute atomic E-state index is 0.109. The van der Waals surface area contributed by atoms with Gasteiger partial charge in [-0.1, -0.05) is 0 Å². The SMILES string of the molecule is Cc1cc2c(s1)C1(CCN(Cc3cnn(CCS(C)(=O)=O)c3)C(C)C1)OCC2. The average Bonchev–Trinajstić information content (AvgIpc) is 3.22. The number of nitrogens with zero attached hydrogens (tertiary/aromatic N) is 3. The molecule has 0 bridgehead atoms. The van der Waals surface area contributed by atoms with Gasteiger partial charge in [0.1, 0.15) is 15.4 Å². The molecule has 2 aliphatic rings. The van der Waals surface area contributed by atoms with Crippen LogP contribution in [0.3, 0.4) is 0 Å². The summed E-state index contributed by atoms with van der Waals surface area (Å²) in [5.41, 5.74) is 2.51. The second kappa shape index (κ2) is 7.55. The van der Waals surface area contributed by atoms with E-state index in [9.17, 15) is 8.42 Å². The van der Waals surface area contributed by atoms with Gasteiger partial charge < -0.3 is 4.74 Å². The van der Waals surface area contributed by atoms with E-state index >= 15 is 0 Å². The monoisotopic (exact) mass is 423 g/mol. The van der Waals surface area contributed by atoms with Crippen LogP contribution in [0.4, 0.5) is 0 Å². The molecule has 28 heavy (non-hydrogen) atoms. The number of piperidine rings is 1. The van der Waals surface area contributed by atoms with Gasteiger partial charge in [-0.25, -0.2) is 8.42 Å². The first-order valence-corrected chi connectivity index (χ1v) is 12.8. The number of fused-ring (bicyclic) bond motifs is 2. The van der Waals surface area contributed by atoms with Gasteiger partial charge >= 0.3 is 0 Å². The Balaban J connectivity index is 1.41. The van der Waals surface area contributed by atoms with Crippen LogP contribution >= 0.6 is 11.3 Å². The molecule has 6 nitrogen and oxygen atoms in total. The highest BCUT2D eigenvalue weighted by Gasteiger charge is 2.44. The van der Waals surface area contributed by atoms with Gasteiger partial charge in [0.15, 0.2) is 0 Å². The first-order chi connectivity index (χ1) is 13.2. The molecule has 0 amide bonds. The van der Waals surface area contributed by atoms with Crippen LogP contribution in [0.2, 0.25) is 0 Å². The number of aryl methyl sites for hydroxylation is 2. The molecule has 1 spiro atoms. The van der Waals surface area contributed by atoms with E-state index in [1.807, 2.05) is 23.7 Å². The molecule has 0 saturated carbocycles. The van der Waals surface area contributed by atoms with Crippen LogP contribution in [0.5, 0.6) is 0 Å². The molecule has 0 radical (unpaired) electrons. The van der Waals surface area contributed by atoms with E-state index in [1.165, 1.54) is 21.6 Å². The quantitative estimate of drug-likeness (QED) is 0.740. The molecule has 0 aliphatic carbocycles. The number of thiophene rings is 1. The standard InChI is InChI=1S/C20H29N3O3S2/c1-15-11-20(19-18(4-8-26-20)10-16(2)27-19)5-6-22(15)13-17-12-21-23(14-17)7-9-28(3,24)25/h10,12,14-15H,4-9,11,13H2,1-3H3. The summed E-state index contributed by atoms with van der Waals surface area (Å²) in [6.07, 6.45) is 8.16. The summed E-state index contributed by atoms with van der Waals surface area (Å²) in [6.45, 7) is 7.54. The number of sulfone groups is 1. The smallest absolute Gasteiger partial charge is 0.149 e. The molecule has 0 aromatic carbocycles. The van der Waals surface area contributed by atoms with Crippen molar-refractivity contribution in [1.82, 2.24) is 14.7 Å². The van der Waals surface area contributed by atoms with E-state index in [0.29, 0.717) is 12.6 Å². The van der Waals surface area contributed by atoms with Crippen LogP contribution in [-0.4, -0.2) is 54.3 Å². The Bertz CT molecular complexity index is 950. The second-order valence-electron chi connectivity index (χ2n) is 8.32. The van der Waals surface area contributed by atoms with Crippen LogP contribution in [-0.2, 0) is 39.7 Å². The first kappa shape index (κ1) is 20.1. The fourth-order valence-electron chi connectivity index (χ4n) is 4.49. The summed E-state index contributed by atoms with van der Waals surface area (Å²) in [6, 6.07) is 2.76. The minimum Gasteiger partial charge on any atom is -0.369 e. The zero-order valence-electron chi connectivity index (χ0n) is 16.8. The van der Waals surface area contributed by atoms with Crippen LogP contribution in [0.25, 0.3) is 0 Å². The number of hydrogen-bond donors (Lipinski definition) is 0. The maximum atomic E-state index is 11.3. The lowest BCUT2D eigenvalue weighted by molar-refractivity contribution is -0.110. The van der Waals surface area contributed by atoms with Gasteiger partial charge in [-0.3, -0.25) is 9.58 Å². The van der Waals surface area contributed by atoms with E-state index in [2.05, 4.69) is 29.9 Å².